The van der Waals surface area contributed by atoms with E-state index >= 15 is 0 Å². The summed E-state index contributed by atoms with van der Waals surface area (Å²) >= 11 is 5.94. The van der Waals surface area contributed by atoms with Gasteiger partial charge in [-0.1, -0.05) is 51.6 Å². The Kier molecular flexibility index (Phi) is 11.1. The van der Waals surface area contributed by atoms with Crippen LogP contribution in [0.15, 0.2) is 18.2 Å². The summed E-state index contributed by atoms with van der Waals surface area (Å²) in [6.07, 6.45) is 5.37. The van der Waals surface area contributed by atoms with Gasteiger partial charge in [0, 0.05) is 17.9 Å². The van der Waals surface area contributed by atoms with E-state index in [-0.39, 0.29) is 24.8 Å². The lowest BCUT2D eigenvalue weighted by Gasteiger charge is -2.12. The molecule has 0 heterocycles. The van der Waals surface area contributed by atoms with Crippen molar-refractivity contribution in [3.05, 3.63) is 28.8 Å². The predicted octanol–water partition coefficient (Wildman–Crippen LogP) is 6.12. The lowest BCUT2D eigenvalue weighted by atomic mass is 9.98. The average molecular weight is 397 g/mol. The molecule has 1 atom stereocenters. The van der Waals surface area contributed by atoms with Gasteiger partial charge < -0.3 is 9.47 Å². The summed E-state index contributed by atoms with van der Waals surface area (Å²) in [6.45, 7) is 8.97. The van der Waals surface area contributed by atoms with Crippen molar-refractivity contribution in [3.63, 3.8) is 0 Å². The summed E-state index contributed by atoms with van der Waals surface area (Å²) in [6, 6.07) is 5.07. The molecule has 0 aliphatic heterocycles. The lowest BCUT2D eigenvalue weighted by molar-refractivity contribution is -0.144. The van der Waals surface area contributed by atoms with Crippen molar-refractivity contribution in [1.82, 2.24) is 0 Å². The molecule has 0 fully saturated rings. The second kappa shape index (κ2) is 12.8. The minimum atomic E-state index is -0.358. The fourth-order valence-electron chi connectivity index (χ4n) is 2.71. The standard InChI is InChI=1S/C22H33ClO4/c1-16(2)7-5-8-17(3)13-14-26-21(24)9-6-10-22(25)27-19-11-12-20(23)18(4)15-19/h11-12,15-17H,5-10,13-14H2,1-4H3. The Balaban J connectivity index is 2.12. The summed E-state index contributed by atoms with van der Waals surface area (Å²) < 4.78 is 10.5. The molecule has 0 N–H and O–H groups in total. The zero-order valence-corrected chi connectivity index (χ0v) is 17.8. The SMILES string of the molecule is Cc1cc(OC(=O)CCCC(=O)OCCC(C)CCCC(C)C)ccc1Cl. The fraction of sp³-hybridized carbons (Fsp3) is 0.636. The van der Waals surface area contributed by atoms with E-state index in [1.165, 1.54) is 19.3 Å². The number of halogens is 1. The molecule has 1 aromatic carbocycles. The highest BCUT2D eigenvalue weighted by Crippen LogP contribution is 2.21. The molecular formula is C22H33ClO4. The summed E-state index contributed by atoms with van der Waals surface area (Å²) in [5.41, 5.74) is 0.851. The van der Waals surface area contributed by atoms with Crippen LogP contribution in [0, 0.1) is 18.8 Å². The van der Waals surface area contributed by atoms with E-state index in [2.05, 4.69) is 20.8 Å². The van der Waals surface area contributed by atoms with Crippen LogP contribution in [0.2, 0.25) is 5.02 Å². The Morgan fingerprint density at radius 1 is 1.00 bits per heavy atom. The van der Waals surface area contributed by atoms with Crippen LogP contribution in [0.4, 0.5) is 0 Å². The average Bonchev–Trinajstić information content (AvgIpc) is 2.58. The van der Waals surface area contributed by atoms with Gasteiger partial charge in [0.15, 0.2) is 0 Å². The zero-order valence-electron chi connectivity index (χ0n) is 17.1. The van der Waals surface area contributed by atoms with E-state index in [4.69, 9.17) is 21.1 Å². The van der Waals surface area contributed by atoms with Crippen LogP contribution in [0.25, 0.3) is 0 Å². The molecule has 152 valence electrons. The zero-order chi connectivity index (χ0) is 20.2. The number of benzene rings is 1. The van der Waals surface area contributed by atoms with Crippen molar-refractivity contribution in [3.8, 4) is 5.75 Å². The number of hydrogen-bond donors (Lipinski definition) is 0. The molecule has 27 heavy (non-hydrogen) atoms. The Hall–Kier alpha value is -1.55. The van der Waals surface area contributed by atoms with Gasteiger partial charge in [0.1, 0.15) is 5.75 Å². The lowest BCUT2D eigenvalue weighted by Crippen LogP contribution is -2.11. The molecule has 0 spiro atoms. The van der Waals surface area contributed by atoms with Crippen molar-refractivity contribution >= 4 is 23.5 Å². The maximum absolute atomic E-state index is 11.8. The highest BCUT2D eigenvalue weighted by Gasteiger charge is 2.10. The van der Waals surface area contributed by atoms with Crippen LogP contribution >= 0.6 is 11.6 Å². The number of carbonyl (C=O) groups excluding carboxylic acids is 2. The van der Waals surface area contributed by atoms with Crippen molar-refractivity contribution in [2.24, 2.45) is 11.8 Å². The smallest absolute Gasteiger partial charge is 0.311 e. The number of aryl methyl sites for hydroxylation is 1. The molecule has 0 aromatic heterocycles. The summed E-state index contributed by atoms with van der Waals surface area (Å²) in [4.78, 5) is 23.6. The Morgan fingerprint density at radius 3 is 2.37 bits per heavy atom. The fourth-order valence-corrected chi connectivity index (χ4v) is 2.82. The summed E-state index contributed by atoms with van der Waals surface area (Å²) in [7, 11) is 0. The van der Waals surface area contributed by atoms with E-state index in [9.17, 15) is 9.59 Å². The molecule has 1 rings (SSSR count). The summed E-state index contributed by atoms with van der Waals surface area (Å²) in [5.74, 6) is 1.17. The van der Waals surface area contributed by atoms with Gasteiger partial charge in [0.05, 0.1) is 6.61 Å². The van der Waals surface area contributed by atoms with Crippen LogP contribution in [-0.2, 0) is 14.3 Å². The molecule has 5 heteroatoms. The molecule has 4 nitrogen and oxygen atoms in total. The molecule has 0 aliphatic rings. The van der Waals surface area contributed by atoms with E-state index in [0.29, 0.717) is 29.7 Å². The normalized spacial score (nSPS) is 12.1. The maximum Gasteiger partial charge on any atom is 0.311 e. The molecule has 0 bridgehead atoms. The van der Waals surface area contributed by atoms with Gasteiger partial charge in [-0.25, -0.2) is 0 Å². The molecule has 0 amide bonds. The first-order valence-electron chi connectivity index (χ1n) is 9.90. The molecule has 1 aromatic rings. The van der Waals surface area contributed by atoms with Crippen LogP contribution in [0.5, 0.6) is 5.75 Å². The topological polar surface area (TPSA) is 52.6 Å². The van der Waals surface area contributed by atoms with Crippen molar-refractivity contribution in [1.29, 1.82) is 0 Å². The summed E-state index contributed by atoms with van der Waals surface area (Å²) in [5, 5.41) is 0.631. The largest absolute Gasteiger partial charge is 0.466 e. The van der Waals surface area contributed by atoms with Crippen molar-refractivity contribution in [2.75, 3.05) is 6.61 Å². The van der Waals surface area contributed by atoms with Crippen molar-refractivity contribution < 1.29 is 19.1 Å². The molecule has 0 aliphatic carbocycles. The predicted molar refractivity (Wildman–Crippen MR) is 109 cm³/mol. The molecular weight excluding hydrogens is 364 g/mol. The van der Waals surface area contributed by atoms with Crippen LogP contribution < -0.4 is 4.74 Å². The van der Waals surface area contributed by atoms with Gasteiger partial charge in [0.25, 0.3) is 0 Å². The van der Waals surface area contributed by atoms with Crippen LogP contribution in [-0.4, -0.2) is 18.5 Å². The number of carbonyl (C=O) groups is 2. The minimum absolute atomic E-state index is 0.183. The second-order valence-corrected chi connectivity index (χ2v) is 8.08. The molecule has 0 saturated carbocycles. The van der Waals surface area contributed by atoms with Crippen LogP contribution in [0.1, 0.15) is 71.3 Å². The first-order chi connectivity index (χ1) is 12.8. The highest BCUT2D eigenvalue weighted by molar-refractivity contribution is 6.31. The monoisotopic (exact) mass is 396 g/mol. The first-order valence-corrected chi connectivity index (χ1v) is 10.3. The first kappa shape index (κ1) is 23.5. The van der Waals surface area contributed by atoms with Gasteiger partial charge in [-0.3, -0.25) is 9.59 Å². The number of hydrogen-bond acceptors (Lipinski definition) is 4. The van der Waals surface area contributed by atoms with E-state index in [1.54, 1.807) is 18.2 Å². The number of ether oxygens (including phenoxy) is 2. The Labute approximate surface area is 168 Å². The Bertz CT molecular complexity index is 598. The maximum atomic E-state index is 11.8. The second-order valence-electron chi connectivity index (χ2n) is 7.68. The van der Waals surface area contributed by atoms with Crippen LogP contribution in [0.3, 0.4) is 0 Å². The minimum Gasteiger partial charge on any atom is -0.466 e. The van der Waals surface area contributed by atoms with Gasteiger partial charge in [-0.15, -0.1) is 0 Å². The third kappa shape index (κ3) is 11.0. The number of esters is 2. The third-order valence-corrected chi connectivity index (χ3v) is 4.90. The molecule has 0 saturated heterocycles. The quantitative estimate of drug-likeness (QED) is 0.315. The Morgan fingerprint density at radius 2 is 1.70 bits per heavy atom. The van der Waals surface area contributed by atoms with E-state index < -0.39 is 0 Å². The van der Waals surface area contributed by atoms with Gasteiger partial charge in [0.2, 0.25) is 0 Å². The van der Waals surface area contributed by atoms with Crippen molar-refractivity contribution in [2.45, 2.75) is 72.6 Å². The highest BCUT2D eigenvalue weighted by atomic mass is 35.5. The number of rotatable bonds is 12. The molecule has 0 radical (unpaired) electrons. The van der Waals surface area contributed by atoms with E-state index in [1.807, 2.05) is 6.92 Å². The van der Waals surface area contributed by atoms with E-state index in [0.717, 1.165) is 17.9 Å². The van der Waals surface area contributed by atoms with Gasteiger partial charge in [-0.05, 0) is 55.4 Å². The molecule has 1 unspecified atom stereocenters. The van der Waals surface area contributed by atoms with Gasteiger partial charge >= 0.3 is 11.9 Å². The third-order valence-electron chi connectivity index (χ3n) is 4.47. The van der Waals surface area contributed by atoms with Gasteiger partial charge in [-0.2, -0.15) is 0 Å².